The number of nitrogens with one attached hydrogen (secondary N) is 1. The van der Waals surface area contributed by atoms with Crippen LogP contribution in [0.2, 0.25) is 0 Å². The summed E-state index contributed by atoms with van der Waals surface area (Å²) in [6, 6.07) is -0.102. The topological polar surface area (TPSA) is 69.6 Å². The summed E-state index contributed by atoms with van der Waals surface area (Å²) in [6.45, 7) is 5.67. The highest BCUT2D eigenvalue weighted by Gasteiger charge is 2.39. The van der Waals surface area contributed by atoms with Crippen LogP contribution in [0.4, 0.5) is 4.79 Å². The first-order valence-corrected chi connectivity index (χ1v) is 7.23. The highest BCUT2D eigenvalue weighted by atomic mass is 16.4. The van der Waals surface area contributed by atoms with Gasteiger partial charge in [0.15, 0.2) is 0 Å². The molecule has 19 heavy (non-hydrogen) atoms. The fourth-order valence-corrected chi connectivity index (χ4v) is 3.16. The van der Waals surface area contributed by atoms with Crippen LogP contribution < -0.4 is 5.32 Å². The van der Waals surface area contributed by atoms with E-state index < -0.39 is 11.9 Å². The molecular weight excluding hydrogens is 244 g/mol. The van der Waals surface area contributed by atoms with E-state index in [1.54, 1.807) is 4.90 Å². The van der Waals surface area contributed by atoms with Gasteiger partial charge >= 0.3 is 12.0 Å². The molecule has 1 aliphatic heterocycles. The van der Waals surface area contributed by atoms with E-state index in [0.29, 0.717) is 18.5 Å². The molecule has 5 heteroatoms. The maximum absolute atomic E-state index is 12.1. The van der Waals surface area contributed by atoms with Crippen molar-refractivity contribution in [2.75, 3.05) is 19.6 Å². The van der Waals surface area contributed by atoms with Gasteiger partial charge in [-0.2, -0.15) is 0 Å². The third-order valence-electron chi connectivity index (χ3n) is 5.00. The molecular formula is C14H24N2O3. The van der Waals surface area contributed by atoms with Crippen molar-refractivity contribution >= 4 is 12.0 Å². The molecule has 1 aliphatic carbocycles. The van der Waals surface area contributed by atoms with E-state index in [-0.39, 0.29) is 11.9 Å². The van der Waals surface area contributed by atoms with Gasteiger partial charge < -0.3 is 15.3 Å². The van der Waals surface area contributed by atoms with Gasteiger partial charge in [-0.1, -0.05) is 20.3 Å². The van der Waals surface area contributed by atoms with E-state index in [1.165, 1.54) is 19.3 Å². The van der Waals surface area contributed by atoms with E-state index in [0.717, 1.165) is 13.0 Å². The first-order valence-electron chi connectivity index (χ1n) is 7.23. The summed E-state index contributed by atoms with van der Waals surface area (Å²) in [7, 11) is 0. The number of rotatable bonds is 4. The number of hydrogen-bond acceptors (Lipinski definition) is 2. The lowest BCUT2D eigenvalue weighted by atomic mass is 9.67. The normalized spacial score (nSPS) is 28.8. The molecule has 2 fully saturated rings. The number of aliphatic carboxylic acids is 1. The first-order chi connectivity index (χ1) is 8.97. The Hall–Kier alpha value is -1.26. The quantitative estimate of drug-likeness (QED) is 0.818. The Labute approximate surface area is 114 Å². The SMILES string of the molecule is CCC1(CNC(=O)N2CC(C)C(C(=O)O)C2)CCC1. The van der Waals surface area contributed by atoms with E-state index >= 15 is 0 Å². The zero-order chi connectivity index (χ0) is 14.0. The molecule has 1 heterocycles. The molecule has 2 amide bonds. The second-order valence-electron chi connectivity index (χ2n) is 6.19. The summed E-state index contributed by atoms with van der Waals surface area (Å²) in [5.41, 5.74) is 0.299. The summed E-state index contributed by atoms with van der Waals surface area (Å²) in [4.78, 5) is 24.8. The maximum atomic E-state index is 12.1. The zero-order valence-corrected chi connectivity index (χ0v) is 11.8. The molecule has 0 aromatic carbocycles. The van der Waals surface area contributed by atoms with Crippen LogP contribution in [-0.4, -0.2) is 41.6 Å². The standard InChI is InChI=1S/C14H24N2O3/c1-3-14(5-4-6-14)9-15-13(19)16-7-10(2)11(8-16)12(17)18/h10-11H,3-9H2,1-2H3,(H,15,19)(H,17,18). The molecule has 5 nitrogen and oxygen atoms in total. The predicted molar refractivity (Wildman–Crippen MR) is 71.8 cm³/mol. The summed E-state index contributed by atoms with van der Waals surface area (Å²) in [5, 5.41) is 12.1. The number of carboxylic acids is 1. The summed E-state index contributed by atoms with van der Waals surface area (Å²) >= 11 is 0. The van der Waals surface area contributed by atoms with E-state index in [2.05, 4.69) is 12.2 Å². The van der Waals surface area contributed by atoms with Crippen LogP contribution in [0.15, 0.2) is 0 Å². The second kappa shape index (κ2) is 5.39. The average molecular weight is 268 g/mol. The lowest BCUT2D eigenvalue weighted by Crippen LogP contribution is -2.46. The largest absolute Gasteiger partial charge is 0.481 e. The van der Waals surface area contributed by atoms with Crippen molar-refractivity contribution in [2.45, 2.75) is 39.5 Å². The predicted octanol–water partition coefficient (Wildman–Crippen LogP) is 1.93. The molecule has 0 spiro atoms. The Morgan fingerprint density at radius 2 is 2.05 bits per heavy atom. The number of nitrogens with zero attached hydrogens (tertiary/aromatic N) is 1. The third kappa shape index (κ3) is 2.85. The molecule has 1 saturated heterocycles. The molecule has 0 radical (unpaired) electrons. The maximum Gasteiger partial charge on any atom is 0.317 e. The number of amides is 2. The van der Waals surface area contributed by atoms with Crippen LogP contribution in [0, 0.1) is 17.3 Å². The van der Waals surface area contributed by atoms with Crippen LogP contribution in [0.25, 0.3) is 0 Å². The molecule has 0 aromatic heterocycles. The van der Waals surface area contributed by atoms with Crippen molar-refractivity contribution < 1.29 is 14.7 Å². The lowest BCUT2D eigenvalue weighted by Gasteiger charge is -2.41. The number of carbonyl (C=O) groups excluding carboxylic acids is 1. The minimum atomic E-state index is -0.799. The van der Waals surface area contributed by atoms with Crippen molar-refractivity contribution in [1.29, 1.82) is 0 Å². The Balaban J connectivity index is 1.83. The molecule has 2 atom stereocenters. The molecule has 2 N–H and O–H groups in total. The van der Waals surface area contributed by atoms with Gasteiger partial charge in [0.1, 0.15) is 0 Å². The number of urea groups is 1. The lowest BCUT2D eigenvalue weighted by molar-refractivity contribution is -0.142. The molecule has 0 aromatic rings. The van der Waals surface area contributed by atoms with Gasteiger partial charge in [0, 0.05) is 19.6 Å². The summed E-state index contributed by atoms with van der Waals surface area (Å²) < 4.78 is 0. The Morgan fingerprint density at radius 3 is 2.47 bits per heavy atom. The number of carbonyl (C=O) groups is 2. The highest BCUT2D eigenvalue weighted by Crippen LogP contribution is 2.43. The van der Waals surface area contributed by atoms with Gasteiger partial charge in [-0.25, -0.2) is 4.79 Å². The fourth-order valence-electron chi connectivity index (χ4n) is 3.16. The van der Waals surface area contributed by atoms with Crippen LogP contribution in [0.3, 0.4) is 0 Å². The minimum absolute atomic E-state index is 0.0343. The van der Waals surface area contributed by atoms with Crippen LogP contribution in [0.5, 0.6) is 0 Å². The second-order valence-corrected chi connectivity index (χ2v) is 6.19. The van der Waals surface area contributed by atoms with Gasteiger partial charge in [-0.3, -0.25) is 4.79 Å². The molecule has 1 saturated carbocycles. The van der Waals surface area contributed by atoms with Crippen molar-refractivity contribution in [3.05, 3.63) is 0 Å². The molecule has 2 unspecified atom stereocenters. The monoisotopic (exact) mass is 268 g/mol. The van der Waals surface area contributed by atoms with Gasteiger partial charge in [0.05, 0.1) is 5.92 Å². The van der Waals surface area contributed by atoms with E-state index in [4.69, 9.17) is 5.11 Å². The van der Waals surface area contributed by atoms with Gasteiger partial charge in [0.25, 0.3) is 0 Å². The van der Waals surface area contributed by atoms with E-state index in [9.17, 15) is 9.59 Å². The van der Waals surface area contributed by atoms with Crippen molar-refractivity contribution in [3.8, 4) is 0 Å². The number of hydrogen-bond donors (Lipinski definition) is 2. The van der Waals surface area contributed by atoms with Crippen LogP contribution in [0.1, 0.15) is 39.5 Å². The van der Waals surface area contributed by atoms with Crippen LogP contribution >= 0.6 is 0 Å². The van der Waals surface area contributed by atoms with Crippen molar-refractivity contribution in [1.82, 2.24) is 10.2 Å². The van der Waals surface area contributed by atoms with E-state index in [1.807, 2.05) is 6.92 Å². The summed E-state index contributed by atoms with van der Waals surface area (Å²) in [5.74, 6) is -1.19. The van der Waals surface area contributed by atoms with Crippen LogP contribution in [-0.2, 0) is 4.79 Å². The fraction of sp³-hybridized carbons (Fsp3) is 0.857. The van der Waals surface area contributed by atoms with Crippen molar-refractivity contribution in [3.63, 3.8) is 0 Å². The molecule has 108 valence electrons. The smallest absolute Gasteiger partial charge is 0.317 e. The average Bonchev–Trinajstić information content (AvgIpc) is 2.70. The Bertz CT molecular complexity index is 360. The third-order valence-corrected chi connectivity index (χ3v) is 5.00. The van der Waals surface area contributed by atoms with Crippen molar-refractivity contribution in [2.24, 2.45) is 17.3 Å². The first kappa shape index (κ1) is 14.2. The number of likely N-dealkylation sites (tertiary alicyclic amines) is 1. The Morgan fingerprint density at radius 1 is 1.37 bits per heavy atom. The zero-order valence-electron chi connectivity index (χ0n) is 11.8. The van der Waals surface area contributed by atoms with Gasteiger partial charge in [-0.15, -0.1) is 0 Å². The molecule has 2 rings (SSSR count). The van der Waals surface area contributed by atoms with Gasteiger partial charge in [-0.05, 0) is 30.6 Å². The minimum Gasteiger partial charge on any atom is -0.481 e. The Kier molecular flexibility index (Phi) is 4.02. The highest BCUT2D eigenvalue weighted by molar-refractivity contribution is 5.77. The summed E-state index contributed by atoms with van der Waals surface area (Å²) in [6.07, 6.45) is 4.74. The number of carboxylic acid groups (broad SMARTS) is 1. The van der Waals surface area contributed by atoms with Gasteiger partial charge in [0.2, 0.25) is 0 Å². The molecule has 0 bridgehead atoms. The molecule has 2 aliphatic rings.